The monoisotopic (exact) mass is 325 g/mol. The highest BCUT2D eigenvalue weighted by atomic mass is 35.5. The van der Waals surface area contributed by atoms with Gasteiger partial charge in [-0.3, -0.25) is 9.88 Å². The van der Waals surface area contributed by atoms with Crippen LogP contribution in [0.4, 0.5) is 0 Å². The van der Waals surface area contributed by atoms with E-state index < -0.39 is 0 Å². The van der Waals surface area contributed by atoms with Gasteiger partial charge in [-0.2, -0.15) is 0 Å². The second kappa shape index (κ2) is 7.41. The Hall–Kier alpha value is -0.870. The molecule has 2 aromatic rings. The third-order valence-electron chi connectivity index (χ3n) is 4.06. The molecular weight excluding hydrogens is 305 g/mol. The maximum atomic E-state index is 6.25. The average Bonchev–Trinajstić information content (AvgIpc) is 2.90. The van der Waals surface area contributed by atoms with Crippen LogP contribution < -0.4 is 5.32 Å². The van der Waals surface area contributed by atoms with Crippen molar-refractivity contribution >= 4 is 34.9 Å². The lowest BCUT2D eigenvalue weighted by atomic mass is 10.1. The molecule has 0 aliphatic carbocycles. The minimum absolute atomic E-state index is 0. The van der Waals surface area contributed by atoms with Gasteiger partial charge in [0.25, 0.3) is 0 Å². The number of rotatable bonds is 4. The molecule has 0 saturated carbocycles. The topological polar surface area (TPSA) is 28.2 Å². The van der Waals surface area contributed by atoms with Gasteiger partial charge in [-0.25, -0.2) is 0 Å². The van der Waals surface area contributed by atoms with Crippen molar-refractivity contribution in [1.82, 2.24) is 15.2 Å². The number of pyridine rings is 1. The van der Waals surface area contributed by atoms with Crippen LogP contribution in [0, 0.1) is 5.92 Å². The molecule has 1 saturated heterocycles. The maximum absolute atomic E-state index is 6.25. The number of hydrogen-bond donors (Lipinski definition) is 1. The van der Waals surface area contributed by atoms with Crippen molar-refractivity contribution in [3.05, 3.63) is 41.0 Å². The second-order valence-corrected chi connectivity index (χ2v) is 5.96. The molecule has 3 nitrogen and oxygen atoms in total. The van der Waals surface area contributed by atoms with Crippen LogP contribution in [0.15, 0.2) is 30.5 Å². The predicted octanol–water partition coefficient (Wildman–Crippen LogP) is 3.35. The molecule has 0 radical (unpaired) electrons. The normalized spacial score (nSPS) is 18.9. The van der Waals surface area contributed by atoms with E-state index in [2.05, 4.69) is 21.3 Å². The molecule has 1 N–H and O–H groups in total. The van der Waals surface area contributed by atoms with Gasteiger partial charge in [0.15, 0.2) is 0 Å². The van der Waals surface area contributed by atoms with Crippen molar-refractivity contribution in [3.63, 3.8) is 0 Å². The summed E-state index contributed by atoms with van der Waals surface area (Å²) in [5, 5.41) is 5.11. The lowest BCUT2D eigenvalue weighted by molar-refractivity contribution is 0.316. The molecule has 21 heavy (non-hydrogen) atoms. The first-order valence-corrected chi connectivity index (χ1v) is 7.55. The van der Waals surface area contributed by atoms with Gasteiger partial charge >= 0.3 is 0 Å². The van der Waals surface area contributed by atoms with E-state index in [4.69, 9.17) is 11.6 Å². The Morgan fingerprint density at radius 3 is 3.05 bits per heavy atom. The highest BCUT2D eigenvalue weighted by Crippen LogP contribution is 2.27. The van der Waals surface area contributed by atoms with Gasteiger partial charge in [0, 0.05) is 29.7 Å². The first-order chi connectivity index (χ1) is 9.78. The van der Waals surface area contributed by atoms with Gasteiger partial charge in [-0.15, -0.1) is 12.4 Å². The predicted molar refractivity (Wildman–Crippen MR) is 91.3 cm³/mol. The number of aromatic nitrogens is 1. The molecule has 114 valence electrons. The van der Waals surface area contributed by atoms with Crippen LogP contribution in [0.3, 0.4) is 0 Å². The van der Waals surface area contributed by atoms with E-state index in [1.165, 1.54) is 18.5 Å². The van der Waals surface area contributed by atoms with E-state index in [-0.39, 0.29) is 12.4 Å². The molecule has 2 heterocycles. The largest absolute Gasteiger partial charge is 0.319 e. The molecule has 0 amide bonds. The number of nitrogens with zero attached hydrogens (tertiary/aromatic N) is 2. The molecule has 1 aromatic heterocycles. The van der Waals surface area contributed by atoms with E-state index in [1.54, 1.807) is 0 Å². The third-order valence-corrected chi connectivity index (χ3v) is 4.39. The van der Waals surface area contributed by atoms with Crippen molar-refractivity contribution in [1.29, 1.82) is 0 Å². The van der Waals surface area contributed by atoms with Gasteiger partial charge < -0.3 is 5.32 Å². The quantitative estimate of drug-likeness (QED) is 0.934. The van der Waals surface area contributed by atoms with Gasteiger partial charge in [-0.05, 0) is 56.2 Å². The van der Waals surface area contributed by atoms with Gasteiger partial charge in [0.1, 0.15) is 0 Å². The van der Waals surface area contributed by atoms with E-state index >= 15 is 0 Å². The molecule has 1 fully saturated rings. The zero-order valence-corrected chi connectivity index (χ0v) is 13.8. The fraction of sp³-hybridized carbons (Fsp3) is 0.438. The standard InChI is InChI=1S/C16H20ClN3.ClH/c1-18-9-12-6-8-20(10-12)11-13-4-5-15(17)14-3-2-7-19-16(13)14;/h2-5,7,12,18H,6,8-11H2,1H3;1H. The summed E-state index contributed by atoms with van der Waals surface area (Å²) < 4.78 is 0. The van der Waals surface area contributed by atoms with Crippen molar-refractivity contribution in [2.75, 3.05) is 26.7 Å². The molecule has 0 bridgehead atoms. The molecule has 1 aromatic carbocycles. The number of nitrogens with one attached hydrogen (secondary N) is 1. The maximum Gasteiger partial charge on any atom is 0.0761 e. The first kappa shape index (κ1) is 16.5. The first-order valence-electron chi connectivity index (χ1n) is 7.17. The lowest BCUT2D eigenvalue weighted by Gasteiger charge is -2.17. The van der Waals surface area contributed by atoms with Crippen molar-refractivity contribution < 1.29 is 0 Å². The number of halogens is 2. The zero-order chi connectivity index (χ0) is 13.9. The van der Waals surface area contributed by atoms with Crippen LogP contribution in [0.5, 0.6) is 0 Å². The summed E-state index contributed by atoms with van der Waals surface area (Å²) in [5.74, 6) is 0.770. The van der Waals surface area contributed by atoms with Crippen LogP contribution in [0.25, 0.3) is 10.9 Å². The Balaban J connectivity index is 0.00000161. The highest BCUT2D eigenvalue weighted by molar-refractivity contribution is 6.35. The van der Waals surface area contributed by atoms with E-state index in [0.29, 0.717) is 0 Å². The van der Waals surface area contributed by atoms with E-state index in [1.807, 2.05) is 31.4 Å². The Morgan fingerprint density at radius 1 is 1.38 bits per heavy atom. The Kier molecular flexibility index (Phi) is 5.82. The Bertz CT molecular complexity index is 603. The van der Waals surface area contributed by atoms with Crippen molar-refractivity contribution in [2.45, 2.75) is 13.0 Å². The average molecular weight is 326 g/mol. The molecule has 3 rings (SSSR count). The Labute approximate surface area is 137 Å². The summed E-state index contributed by atoms with van der Waals surface area (Å²) >= 11 is 6.25. The summed E-state index contributed by atoms with van der Waals surface area (Å²) in [6.07, 6.45) is 3.12. The molecule has 1 aliphatic heterocycles. The molecule has 0 spiro atoms. The summed E-state index contributed by atoms with van der Waals surface area (Å²) in [6.45, 7) is 4.40. The molecule has 1 unspecified atom stereocenters. The smallest absolute Gasteiger partial charge is 0.0761 e. The van der Waals surface area contributed by atoms with Crippen molar-refractivity contribution in [2.24, 2.45) is 5.92 Å². The molecular formula is C16H21Cl2N3. The number of fused-ring (bicyclic) bond motifs is 1. The summed E-state index contributed by atoms with van der Waals surface area (Å²) in [5.41, 5.74) is 2.31. The van der Waals surface area contributed by atoms with Crippen LogP contribution >= 0.6 is 24.0 Å². The molecule has 1 aliphatic rings. The number of likely N-dealkylation sites (tertiary alicyclic amines) is 1. The van der Waals surface area contributed by atoms with Gasteiger partial charge in [-0.1, -0.05) is 17.7 Å². The fourth-order valence-electron chi connectivity index (χ4n) is 3.08. The van der Waals surface area contributed by atoms with Crippen LogP contribution in [-0.2, 0) is 6.54 Å². The zero-order valence-electron chi connectivity index (χ0n) is 12.2. The minimum Gasteiger partial charge on any atom is -0.319 e. The SMILES string of the molecule is CNCC1CCN(Cc2ccc(Cl)c3cccnc23)C1.Cl. The number of benzene rings is 1. The Morgan fingerprint density at radius 2 is 2.24 bits per heavy atom. The van der Waals surface area contributed by atoms with Gasteiger partial charge in [0.2, 0.25) is 0 Å². The van der Waals surface area contributed by atoms with E-state index in [9.17, 15) is 0 Å². The summed E-state index contributed by atoms with van der Waals surface area (Å²) in [6, 6.07) is 8.09. The van der Waals surface area contributed by atoms with Crippen LogP contribution in [0.1, 0.15) is 12.0 Å². The minimum atomic E-state index is 0. The van der Waals surface area contributed by atoms with Gasteiger partial charge in [0.05, 0.1) is 5.52 Å². The second-order valence-electron chi connectivity index (χ2n) is 5.55. The summed E-state index contributed by atoms with van der Waals surface area (Å²) in [7, 11) is 2.03. The number of hydrogen-bond acceptors (Lipinski definition) is 3. The van der Waals surface area contributed by atoms with Crippen LogP contribution in [0.2, 0.25) is 5.02 Å². The summed E-state index contributed by atoms with van der Waals surface area (Å²) in [4.78, 5) is 7.03. The third kappa shape index (κ3) is 3.67. The van der Waals surface area contributed by atoms with E-state index in [0.717, 1.165) is 41.5 Å². The molecule has 1 atom stereocenters. The lowest BCUT2D eigenvalue weighted by Crippen LogP contribution is -2.24. The van der Waals surface area contributed by atoms with Crippen molar-refractivity contribution in [3.8, 4) is 0 Å². The highest BCUT2D eigenvalue weighted by Gasteiger charge is 2.22. The van der Waals surface area contributed by atoms with Crippen LogP contribution in [-0.4, -0.2) is 36.6 Å². The fourth-order valence-corrected chi connectivity index (χ4v) is 3.29. The molecule has 5 heteroatoms.